The topological polar surface area (TPSA) is 164 Å². The van der Waals surface area contributed by atoms with E-state index in [4.69, 9.17) is 53.8 Å². The maximum Gasteiger partial charge on any atom is 0.513 e. The van der Waals surface area contributed by atoms with Gasteiger partial charge in [0.2, 0.25) is 3.79 Å². The molecule has 0 radical (unpaired) electrons. The Bertz CT molecular complexity index is 1510. The number of nitrogens with zero attached hydrogens (tertiary/aromatic N) is 2. The third kappa shape index (κ3) is 10.1. The van der Waals surface area contributed by atoms with Gasteiger partial charge in [-0.2, -0.15) is 0 Å². The van der Waals surface area contributed by atoms with Crippen molar-refractivity contribution in [1.82, 2.24) is 10.2 Å². The summed E-state index contributed by atoms with van der Waals surface area (Å²) in [6.45, 7) is 0.187. The van der Waals surface area contributed by atoms with E-state index in [0.717, 1.165) is 39.3 Å². The van der Waals surface area contributed by atoms with Crippen molar-refractivity contribution >= 4 is 86.0 Å². The molecule has 4 rings (SSSR count). The van der Waals surface area contributed by atoms with Crippen molar-refractivity contribution < 1.29 is 43.0 Å². The minimum absolute atomic E-state index is 0.117. The molecule has 0 aromatic heterocycles. The first-order valence-corrected chi connectivity index (χ1v) is 16.8. The summed E-state index contributed by atoms with van der Waals surface area (Å²) >= 11 is 17.2. The van der Waals surface area contributed by atoms with Gasteiger partial charge in [-0.3, -0.25) is 24.6 Å². The lowest BCUT2D eigenvalue weighted by Gasteiger charge is -2.46. The third-order valence-electron chi connectivity index (χ3n) is 6.28. The number of rotatable bonds is 14. The lowest BCUT2D eigenvalue weighted by Crippen LogP contribution is -2.69. The van der Waals surface area contributed by atoms with E-state index in [0.29, 0.717) is 5.75 Å². The van der Waals surface area contributed by atoms with Crippen LogP contribution in [0.4, 0.5) is 10.5 Å². The van der Waals surface area contributed by atoms with Crippen LogP contribution in [0.5, 0.6) is 5.75 Å². The average molecular weight is 735 g/mol. The summed E-state index contributed by atoms with van der Waals surface area (Å²) in [6, 6.07) is 13.1. The van der Waals surface area contributed by atoms with Gasteiger partial charge in [-0.15, -0.1) is 0 Å². The Morgan fingerprint density at radius 3 is 2.39 bits per heavy atom. The molecular weight excluding hydrogens is 709 g/mol. The van der Waals surface area contributed by atoms with Gasteiger partial charge in [0, 0.05) is 6.07 Å². The Hall–Kier alpha value is -3.37. The van der Waals surface area contributed by atoms with Crippen LogP contribution in [-0.2, 0) is 28.6 Å². The fraction of sp³-hybridized carbons (Fsp3) is 0.357. The number of alkyl halides is 3. The zero-order valence-electron chi connectivity index (χ0n) is 23.9. The van der Waals surface area contributed by atoms with Crippen LogP contribution < -0.4 is 10.1 Å². The van der Waals surface area contributed by atoms with E-state index in [1.165, 1.54) is 25.1 Å². The number of benzene rings is 2. The van der Waals surface area contributed by atoms with Crippen LogP contribution >= 0.6 is 56.4 Å². The van der Waals surface area contributed by atoms with Crippen LogP contribution in [0.15, 0.2) is 70.9 Å². The number of hydrogen-bond acceptors (Lipinski definition) is 12. The van der Waals surface area contributed by atoms with E-state index in [-0.39, 0.29) is 28.9 Å². The highest BCUT2D eigenvalue weighted by molar-refractivity contribution is 8.77. The number of carbonyl (C=O) groups is 4. The van der Waals surface area contributed by atoms with Crippen molar-refractivity contribution in [2.75, 3.05) is 19.8 Å². The molecular formula is C28H26Cl3N3O10S2. The van der Waals surface area contributed by atoms with Crippen molar-refractivity contribution in [2.45, 2.75) is 39.9 Å². The van der Waals surface area contributed by atoms with Crippen LogP contribution in [0, 0.1) is 16.0 Å². The van der Waals surface area contributed by atoms with Gasteiger partial charge in [-0.1, -0.05) is 75.9 Å². The van der Waals surface area contributed by atoms with Crippen LogP contribution in [0.25, 0.3) is 0 Å². The Kier molecular flexibility index (Phi) is 12.3. The standard InChI is InChI=1S/C28H26Cl3N3O10S2/c1-16(44-27(38)42-13-17-11-12-17)23(26(37)43-15-28(29,30)31)33-24(36)22(32-21(35)14-41-18-7-3-2-4-8-18)25(33)46-45-20-10-6-5-9-19(20)34(39)40/h2-10,17,22,25H,11-15H2,1H3,(H,32,35)/b23-16-. The van der Waals surface area contributed by atoms with Crippen molar-refractivity contribution in [3.8, 4) is 5.75 Å². The Balaban J connectivity index is 1.60. The lowest BCUT2D eigenvalue weighted by molar-refractivity contribution is -0.387. The van der Waals surface area contributed by atoms with Crippen molar-refractivity contribution in [2.24, 2.45) is 5.92 Å². The van der Waals surface area contributed by atoms with Crippen LogP contribution in [-0.4, -0.2) is 68.8 Å². The molecule has 2 aromatic rings. The summed E-state index contributed by atoms with van der Waals surface area (Å²) in [5.74, 6) is -2.38. The molecule has 46 heavy (non-hydrogen) atoms. The number of nitro groups is 1. The van der Waals surface area contributed by atoms with Gasteiger partial charge < -0.3 is 24.3 Å². The molecule has 0 spiro atoms. The van der Waals surface area contributed by atoms with Gasteiger partial charge in [-0.05, 0) is 54.7 Å². The summed E-state index contributed by atoms with van der Waals surface area (Å²) < 4.78 is 18.9. The molecule has 2 unspecified atom stereocenters. The summed E-state index contributed by atoms with van der Waals surface area (Å²) in [4.78, 5) is 64.3. The first-order chi connectivity index (χ1) is 21.8. The number of nitrogens with one attached hydrogen (secondary N) is 1. The number of carbonyl (C=O) groups excluding carboxylic acids is 4. The van der Waals surface area contributed by atoms with E-state index in [2.05, 4.69) is 5.32 Å². The summed E-state index contributed by atoms with van der Waals surface area (Å²) in [6.07, 6.45) is 0.683. The molecule has 246 valence electrons. The van der Waals surface area contributed by atoms with Gasteiger partial charge in [0.25, 0.3) is 17.5 Å². The number of para-hydroxylation sites is 2. The third-order valence-corrected chi connectivity index (χ3v) is 9.32. The SMILES string of the molecule is C/C(OC(=O)OCC1CC1)=C(\C(=O)OCC(Cl)(Cl)Cl)N1C(=O)C(NC(=O)COc2ccccc2)C1SSc1ccccc1[N+](=O)[O-]. The minimum Gasteiger partial charge on any atom is -0.484 e. The van der Waals surface area contributed by atoms with E-state index in [1.807, 2.05) is 0 Å². The molecule has 1 saturated heterocycles. The van der Waals surface area contributed by atoms with E-state index < -0.39 is 63.0 Å². The van der Waals surface area contributed by atoms with Crippen LogP contribution in [0.3, 0.4) is 0 Å². The van der Waals surface area contributed by atoms with Gasteiger partial charge >= 0.3 is 12.1 Å². The lowest BCUT2D eigenvalue weighted by atomic mass is 10.1. The Morgan fingerprint density at radius 2 is 1.74 bits per heavy atom. The van der Waals surface area contributed by atoms with Crippen molar-refractivity contribution in [1.29, 1.82) is 0 Å². The molecule has 1 saturated carbocycles. The number of nitro benzene ring substituents is 1. The summed E-state index contributed by atoms with van der Waals surface area (Å²) in [5, 5.41) is 13.1. The molecule has 18 heteroatoms. The first-order valence-electron chi connectivity index (χ1n) is 13.5. The number of ether oxygens (including phenoxy) is 4. The molecule has 2 fully saturated rings. The van der Waals surface area contributed by atoms with Crippen LogP contribution in [0.1, 0.15) is 19.8 Å². The first kappa shape index (κ1) is 35.5. The van der Waals surface area contributed by atoms with Gasteiger partial charge in [0.1, 0.15) is 29.5 Å². The zero-order chi connectivity index (χ0) is 33.4. The van der Waals surface area contributed by atoms with Crippen molar-refractivity contribution in [3.63, 3.8) is 0 Å². The highest BCUT2D eigenvalue weighted by Gasteiger charge is 2.53. The predicted octanol–water partition coefficient (Wildman–Crippen LogP) is 5.78. The summed E-state index contributed by atoms with van der Waals surface area (Å²) in [5.41, 5.74) is -0.737. The maximum atomic E-state index is 13.6. The normalized spacial score (nSPS) is 18.1. The number of allylic oxidation sites excluding steroid dienone is 1. The molecule has 1 N–H and O–H groups in total. The van der Waals surface area contributed by atoms with Gasteiger partial charge in [-0.25, -0.2) is 9.59 Å². The number of β-lactam (4-membered cyclic amide) rings is 1. The van der Waals surface area contributed by atoms with Crippen LogP contribution in [0.2, 0.25) is 0 Å². The van der Waals surface area contributed by atoms with E-state index >= 15 is 0 Å². The monoisotopic (exact) mass is 733 g/mol. The molecule has 0 bridgehead atoms. The Labute approximate surface area is 285 Å². The molecule has 2 atom stereocenters. The number of halogens is 3. The molecule has 1 aliphatic heterocycles. The smallest absolute Gasteiger partial charge is 0.484 e. The fourth-order valence-electron chi connectivity index (χ4n) is 3.89. The number of esters is 1. The number of likely N-dealkylation sites (tertiary alicyclic amines) is 1. The molecule has 1 heterocycles. The second kappa shape index (κ2) is 16.0. The quantitative estimate of drug-likeness (QED) is 0.0365. The molecule has 13 nitrogen and oxygen atoms in total. The predicted molar refractivity (Wildman–Crippen MR) is 170 cm³/mol. The second-order valence-electron chi connectivity index (χ2n) is 9.85. The average Bonchev–Trinajstić information content (AvgIpc) is 3.85. The highest BCUT2D eigenvalue weighted by atomic mass is 35.6. The maximum absolute atomic E-state index is 13.6. The minimum atomic E-state index is -2.01. The molecule has 2 aliphatic rings. The molecule has 1 aliphatic carbocycles. The fourth-order valence-corrected chi connectivity index (χ4v) is 6.83. The molecule has 2 aromatic carbocycles. The Morgan fingerprint density at radius 1 is 1.07 bits per heavy atom. The van der Waals surface area contributed by atoms with E-state index in [1.54, 1.807) is 36.4 Å². The van der Waals surface area contributed by atoms with Crippen molar-refractivity contribution in [3.05, 3.63) is 76.2 Å². The highest BCUT2D eigenvalue weighted by Crippen LogP contribution is 2.46. The largest absolute Gasteiger partial charge is 0.513 e. The zero-order valence-corrected chi connectivity index (χ0v) is 27.8. The van der Waals surface area contributed by atoms with Gasteiger partial charge in [0.15, 0.2) is 12.3 Å². The summed E-state index contributed by atoms with van der Waals surface area (Å²) in [7, 11) is 1.85. The second-order valence-corrected chi connectivity index (χ2v) is 14.7. The van der Waals surface area contributed by atoms with E-state index in [9.17, 15) is 29.3 Å². The molecule has 2 amide bonds. The number of amides is 2. The van der Waals surface area contributed by atoms with Gasteiger partial charge in [0.05, 0.1) is 16.4 Å². The number of hydrogen-bond donors (Lipinski definition) is 1.